The number of rotatable bonds is 15. The molecule has 15 aromatic rings. The number of aromatic nitrogens is 21. The van der Waals surface area contributed by atoms with Crippen molar-refractivity contribution >= 4 is 131 Å². The summed E-state index contributed by atoms with van der Waals surface area (Å²) in [6, 6.07) is 28.0. The first kappa shape index (κ1) is 90.0. The lowest BCUT2D eigenvalue weighted by atomic mass is 9.78. The second-order valence-corrected chi connectivity index (χ2v) is 38.3. The van der Waals surface area contributed by atoms with E-state index in [0.717, 1.165) is 185 Å². The summed E-state index contributed by atoms with van der Waals surface area (Å²) in [7, 11) is 1.60. The van der Waals surface area contributed by atoms with E-state index in [1.54, 1.807) is 31.6 Å². The van der Waals surface area contributed by atoms with Crippen LogP contribution in [0.3, 0.4) is 0 Å². The Morgan fingerprint density at radius 2 is 0.641 bits per heavy atom. The van der Waals surface area contributed by atoms with Crippen LogP contribution in [-0.2, 0) is 0 Å². The fourth-order valence-corrected chi connectivity index (χ4v) is 18.2. The van der Waals surface area contributed by atoms with Crippen molar-refractivity contribution in [3.8, 4) is 62.0 Å². The zero-order valence-electron chi connectivity index (χ0n) is 75.3. The van der Waals surface area contributed by atoms with Crippen LogP contribution in [0.25, 0.3) is 112 Å². The smallest absolute Gasteiger partial charge is 0.202 e. The molecule has 668 valence electrons. The third-order valence-corrected chi connectivity index (χ3v) is 29.3. The van der Waals surface area contributed by atoms with Crippen molar-refractivity contribution in [2.75, 3.05) is 97.1 Å². The third-order valence-electron chi connectivity index (χ3n) is 27.9. The van der Waals surface area contributed by atoms with Gasteiger partial charge in [0.05, 0.1) is 81.6 Å². The molecule has 5 fully saturated rings. The molecule has 0 unspecified atom stereocenters. The molecule has 4 aromatic carbocycles. The Morgan fingerprint density at radius 1 is 0.344 bits per heavy atom. The van der Waals surface area contributed by atoms with Gasteiger partial charge < -0.3 is 29.2 Å². The van der Waals surface area contributed by atoms with Gasteiger partial charge in [-0.05, 0) is 153 Å². The number of hydrogen-bond donors (Lipinski definition) is 5. The summed E-state index contributed by atoms with van der Waals surface area (Å²) >= 11 is 24.9. The Hall–Kier alpha value is -11.3. The maximum Gasteiger partial charge on any atom is 0.202 e. The van der Waals surface area contributed by atoms with Crippen molar-refractivity contribution in [2.24, 2.45) is 27.1 Å². The first-order valence-corrected chi connectivity index (χ1v) is 46.2. The van der Waals surface area contributed by atoms with E-state index in [2.05, 4.69) is 180 Å². The number of aryl methyl sites for hydroxylation is 1. The molecule has 0 aliphatic carbocycles. The minimum atomic E-state index is -0.487. The number of benzene rings is 4. The molecule has 16 heterocycles. The van der Waals surface area contributed by atoms with Crippen molar-refractivity contribution in [2.45, 2.75) is 173 Å². The second-order valence-electron chi connectivity index (χ2n) is 36.7. The summed E-state index contributed by atoms with van der Waals surface area (Å²) in [5.41, 5.74) is 18.7. The predicted molar refractivity (Wildman–Crippen MR) is 514 cm³/mol. The molecule has 11 aromatic heterocycles. The highest BCUT2D eigenvalue weighted by Crippen LogP contribution is 2.44. The highest BCUT2D eigenvalue weighted by molar-refractivity contribution is 6.35. The lowest BCUT2D eigenvalue weighted by molar-refractivity contribution is 0.237. The molecular weight excluding hydrogens is 1690 g/mol. The zero-order valence-corrected chi connectivity index (χ0v) is 78.3. The number of nitrogens with zero attached hydrogens (tertiary/aromatic N) is 21. The molecule has 0 saturated carbocycles. The lowest BCUT2D eigenvalue weighted by Crippen LogP contribution is -2.38. The third kappa shape index (κ3) is 19.4. The van der Waals surface area contributed by atoms with Gasteiger partial charge in [-0.2, -0.15) is 25.5 Å². The summed E-state index contributed by atoms with van der Waals surface area (Å²) in [6.07, 6.45) is 27.6. The summed E-state index contributed by atoms with van der Waals surface area (Å²) in [6.45, 7) is 37.3. The highest BCUT2D eigenvalue weighted by Gasteiger charge is 2.35. The number of methoxy groups -OCH3 is 1. The quantitative estimate of drug-likeness (QED) is 0.0637. The molecule has 32 heteroatoms. The van der Waals surface area contributed by atoms with Crippen LogP contribution in [0.15, 0.2) is 128 Å². The van der Waals surface area contributed by atoms with Crippen LogP contribution in [0, 0.1) is 46.7 Å². The number of aromatic amines is 5. The normalized spacial score (nSPS) is 17.0. The maximum atomic E-state index is 14.3. The van der Waals surface area contributed by atoms with Gasteiger partial charge in [0.25, 0.3) is 0 Å². The molecule has 27 nitrogen and oxygen atoms in total. The van der Waals surface area contributed by atoms with E-state index in [-0.39, 0.29) is 5.02 Å². The average molecular weight is 1810 g/mol. The molecule has 0 atom stereocenters. The van der Waals surface area contributed by atoms with Gasteiger partial charge in [0.15, 0.2) is 5.82 Å². The summed E-state index contributed by atoms with van der Waals surface area (Å²) in [5, 5.41) is 38.9. The summed E-state index contributed by atoms with van der Waals surface area (Å²) < 4.78 is 19.6. The highest BCUT2D eigenvalue weighted by atomic mass is 35.5. The second kappa shape index (κ2) is 38.2. The number of ether oxygens (including phenoxy) is 1. The molecule has 5 saturated heterocycles. The number of nitrogens with one attached hydrogen (secondary N) is 5. The Kier molecular flexibility index (Phi) is 26.8. The molecule has 5 aliphatic rings. The van der Waals surface area contributed by atoms with E-state index >= 15 is 0 Å². The first-order chi connectivity index (χ1) is 61.7. The number of halogens is 5. The molecular formula is C96H113Cl4FN26O. The van der Waals surface area contributed by atoms with Crippen molar-refractivity contribution in [1.29, 1.82) is 0 Å². The van der Waals surface area contributed by atoms with E-state index in [1.165, 1.54) is 83.1 Å². The Morgan fingerprint density at radius 3 is 1.01 bits per heavy atom. The number of piperidine rings is 5. The van der Waals surface area contributed by atoms with Gasteiger partial charge in [-0.15, -0.1) is 0 Å². The van der Waals surface area contributed by atoms with Gasteiger partial charge in [0.1, 0.15) is 62.4 Å². The van der Waals surface area contributed by atoms with Crippen LogP contribution in [0.1, 0.15) is 170 Å². The first-order valence-electron chi connectivity index (χ1n) is 44.7. The largest absolute Gasteiger partial charge is 0.495 e. The van der Waals surface area contributed by atoms with Crippen molar-refractivity contribution in [3.05, 3.63) is 165 Å². The van der Waals surface area contributed by atoms with Gasteiger partial charge in [0.2, 0.25) is 28.2 Å². The summed E-state index contributed by atoms with van der Waals surface area (Å²) in [4.78, 5) is 62.5. The van der Waals surface area contributed by atoms with E-state index in [0.29, 0.717) is 93.4 Å². The van der Waals surface area contributed by atoms with Gasteiger partial charge in [-0.3, -0.25) is 30.5 Å². The van der Waals surface area contributed by atoms with Crippen molar-refractivity contribution in [3.63, 3.8) is 0 Å². The number of H-pyrrole nitrogens is 5. The van der Waals surface area contributed by atoms with Crippen LogP contribution in [0.2, 0.25) is 20.1 Å². The molecule has 5 N–H and O–H groups in total. The monoisotopic (exact) mass is 1800 g/mol. The van der Waals surface area contributed by atoms with Crippen molar-refractivity contribution < 1.29 is 9.13 Å². The molecule has 128 heavy (non-hydrogen) atoms. The van der Waals surface area contributed by atoms with E-state index < -0.39 is 5.82 Å². The van der Waals surface area contributed by atoms with E-state index in [1.807, 2.05) is 111 Å². The van der Waals surface area contributed by atoms with Gasteiger partial charge >= 0.3 is 0 Å². The SMILES string of the molecule is CC1(C)CCN(c2cnc3c(-c4cccc(Cl)c4F)[nH]nc3n2)CC1.CCC1(C)CCN(c2cnc3c(-c4cccc(Cl)c4C)[nH]nc3n2)CC1.CCC1(C)CCN(c2cnc3c(-c4cccc(OC)c4Cl)[nH]nc3n2)CC1.CCC1(C)CCN(c2cnc3c(-c4ccccc4Cl)[nH]nc3n2)CC1.CCC1(C)CCN(c2cnc3c(-c4cccnc4C)[nH]nc3n2)CC1. The summed E-state index contributed by atoms with van der Waals surface area (Å²) in [5.74, 6) is 4.57. The molecule has 0 amide bonds. The van der Waals surface area contributed by atoms with Crippen LogP contribution < -0.4 is 29.2 Å². The standard InChI is InChI=1S/C20H24ClN5O.C20H24ClN5.C19H22ClN5.C19H24N6.C18H19ClFN5/c1-4-20(2)8-10-26(11-9-20)15-12-22-18-17(24-25-19(18)23-15)13-6-5-7-14(27-3)16(13)21;1-4-20(3)8-10-26(11-9-20)16-12-22-18-17(24-25-19(18)23-16)14-6-5-7-15(21)13(14)2;1-3-19(2)8-10-25(11-9-19)15-12-21-17-16(23-24-18(17)22-15)13-6-4-5-7-14(13)20;1-4-19(3)7-10-25(11-8-19)15-12-21-17-16(23-24-18(17)22-15)14-6-5-9-20-13(14)2;1-18(2)6-8-25(9-7-18)13-10-21-16-15(23-24-17(16)22-13)11-4-3-5-12(19)14(11)20/h5-7,12H,4,8-11H2,1-3H3,(H,23,24,25);5-7,12H,4,8-11H2,1-3H3,(H,23,24,25);4-7,12H,3,8-11H2,1-2H3,(H,22,23,24);5-6,9,12H,4,7-8,10-11H2,1-3H3,(H,22,23,24);3-5,10H,6-9H2,1-2H3,(H,22,23,24). The minimum Gasteiger partial charge on any atom is -0.495 e. The Labute approximate surface area is 765 Å². The predicted octanol–water partition coefficient (Wildman–Crippen LogP) is 22.6. The fourth-order valence-electron chi connectivity index (χ4n) is 17.3. The van der Waals surface area contributed by atoms with E-state index in [9.17, 15) is 4.39 Å². The topological polar surface area (TPSA) is 311 Å². The number of anilines is 5. The average Bonchev–Trinajstić information content (AvgIpc) is 1.64. The number of hydrogen-bond acceptors (Lipinski definition) is 22. The lowest BCUT2D eigenvalue weighted by Gasteiger charge is -2.39. The van der Waals surface area contributed by atoms with Gasteiger partial charge in [0, 0.05) is 110 Å². The van der Waals surface area contributed by atoms with Crippen LogP contribution >= 0.6 is 46.4 Å². The Bertz CT molecular complexity index is 6250. The molecule has 0 spiro atoms. The molecule has 20 rings (SSSR count). The maximum absolute atomic E-state index is 14.3. The number of pyridine rings is 1. The molecule has 5 aliphatic heterocycles. The number of fused-ring (bicyclic) bond motifs is 5. The van der Waals surface area contributed by atoms with E-state index in [4.69, 9.17) is 71.1 Å². The van der Waals surface area contributed by atoms with Crippen molar-refractivity contribution in [1.82, 2.24) is 106 Å². The van der Waals surface area contributed by atoms with Gasteiger partial charge in [-0.25, -0.2) is 54.2 Å². The van der Waals surface area contributed by atoms with Crippen LogP contribution in [-0.4, -0.2) is 178 Å². The Balaban J connectivity index is 0.000000118. The van der Waals surface area contributed by atoms with Crippen LogP contribution in [0.4, 0.5) is 33.5 Å². The minimum absolute atomic E-state index is 0.0701. The molecule has 0 bridgehead atoms. The van der Waals surface area contributed by atoms with Crippen LogP contribution in [0.5, 0.6) is 5.75 Å². The molecule has 0 radical (unpaired) electrons. The fraction of sp³-hybridized carbons (Fsp3) is 0.438. The zero-order chi connectivity index (χ0) is 89.8. The van der Waals surface area contributed by atoms with Gasteiger partial charge in [-0.1, -0.05) is 190 Å².